The molecule has 30 heavy (non-hydrogen) atoms. The molecule has 0 unspecified atom stereocenters. The van der Waals surface area contributed by atoms with E-state index in [1.54, 1.807) is 6.08 Å². The molecular formula is C25H28N4O. The number of rotatable bonds is 5. The van der Waals surface area contributed by atoms with Gasteiger partial charge in [0.2, 0.25) is 5.91 Å². The zero-order chi connectivity index (χ0) is 21.1. The highest BCUT2D eigenvalue weighted by Crippen LogP contribution is 2.26. The number of para-hydroxylation sites is 1. The molecule has 3 aromatic rings. The zero-order valence-corrected chi connectivity index (χ0v) is 17.9. The van der Waals surface area contributed by atoms with Gasteiger partial charge in [-0.1, -0.05) is 18.2 Å². The molecular weight excluding hydrogens is 372 g/mol. The monoisotopic (exact) mass is 400 g/mol. The Bertz CT molecular complexity index is 1080. The number of anilines is 2. The lowest BCUT2D eigenvalue weighted by molar-refractivity contribution is -0.111. The molecule has 1 aromatic heterocycles. The van der Waals surface area contributed by atoms with Crippen LogP contribution in [0, 0.1) is 20.8 Å². The summed E-state index contributed by atoms with van der Waals surface area (Å²) >= 11 is 0. The number of nitrogens with one attached hydrogen (secondary N) is 1. The van der Waals surface area contributed by atoms with Crippen LogP contribution in [0.1, 0.15) is 35.4 Å². The van der Waals surface area contributed by atoms with Gasteiger partial charge in [0.05, 0.1) is 11.4 Å². The van der Waals surface area contributed by atoms with Gasteiger partial charge in [-0.05, 0) is 75.6 Å². The van der Waals surface area contributed by atoms with Gasteiger partial charge in [-0.2, -0.15) is 5.10 Å². The van der Waals surface area contributed by atoms with Crippen LogP contribution in [0.2, 0.25) is 0 Å². The fraction of sp³-hybridized carbons (Fsp3) is 0.280. The molecule has 1 aliphatic rings. The Morgan fingerprint density at radius 1 is 1.00 bits per heavy atom. The average molecular weight is 401 g/mol. The van der Waals surface area contributed by atoms with Gasteiger partial charge in [0, 0.05) is 41.8 Å². The van der Waals surface area contributed by atoms with Crippen molar-refractivity contribution in [3.05, 3.63) is 77.1 Å². The van der Waals surface area contributed by atoms with E-state index in [1.807, 2.05) is 67.9 Å². The van der Waals surface area contributed by atoms with Crippen LogP contribution in [0.25, 0.3) is 11.8 Å². The Kier molecular flexibility index (Phi) is 5.70. The average Bonchev–Trinajstić information content (AvgIpc) is 3.37. The second-order valence-electron chi connectivity index (χ2n) is 7.85. The molecule has 1 amide bonds. The highest BCUT2D eigenvalue weighted by atomic mass is 16.1. The first-order chi connectivity index (χ1) is 14.5. The molecule has 1 saturated heterocycles. The number of benzene rings is 2. The quantitative estimate of drug-likeness (QED) is 0.610. The van der Waals surface area contributed by atoms with Gasteiger partial charge in [0.15, 0.2) is 0 Å². The predicted molar refractivity (Wildman–Crippen MR) is 123 cm³/mol. The summed E-state index contributed by atoms with van der Waals surface area (Å²) < 4.78 is 1.91. The molecule has 0 radical (unpaired) electrons. The van der Waals surface area contributed by atoms with E-state index < -0.39 is 0 Å². The van der Waals surface area contributed by atoms with Crippen molar-refractivity contribution in [2.45, 2.75) is 33.6 Å². The van der Waals surface area contributed by atoms with E-state index >= 15 is 0 Å². The van der Waals surface area contributed by atoms with Crippen LogP contribution < -0.4 is 10.2 Å². The molecule has 154 valence electrons. The lowest BCUT2D eigenvalue weighted by Gasteiger charge is -2.19. The van der Waals surface area contributed by atoms with Crippen molar-refractivity contribution < 1.29 is 4.79 Å². The van der Waals surface area contributed by atoms with E-state index in [-0.39, 0.29) is 5.91 Å². The molecule has 1 N–H and O–H groups in total. The minimum absolute atomic E-state index is 0.140. The molecule has 0 saturated carbocycles. The summed E-state index contributed by atoms with van der Waals surface area (Å²) in [7, 11) is 0. The Morgan fingerprint density at radius 2 is 1.73 bits per heavy atom. The van der Waals surface area contributed by atoms with Gasteiger partial charge in [-0.25, -0.2) is 4.68 Å². The molecule has 2 heterocycles. The number of aryl methyl sites for hydroxylation is 2. The number of carbonyl (C=O) groups excluding carboxylic acids is 1. The van der Waals surface area contributed by atoms with Crippen LogP contribution in [0.4, 0.5) is 11.4 Å². The molecule has 4 rings (SSSR count). The molecule has 1 aliphatic heterocycles. The second-order valence-corrected chi connectivity index (χ2v) is 7.85. The summed E-state index contributed by atoms with van der Waals surface area (Å²) in [4.78, 5) is 14.9. The van der Waals surface area contributed by atoms with Crippen LogP contribution in [-0.2, 0) is 4.79 Å². The summed E-state index contributed by atoms with van der Waals surface area (Å²) in [6.07, 6.45) is 5.94. The van der Waals surface area contributed by atoms with Crippen LogP contribution in [0.3, 0.4) is 0 Å². The van der Waals surface area contributed by atoms with E-state index in [1.165, 1.54) is 18.5 Å². The molecule has 0 atom stereocenters. The molecule has 5 heteroatoms. The number of carbonyl (C=O) groups is 1. The lowest BCUT2D eigenvalue weighted by Crippen LogP contribution is -2.18. The maximum Gasteiger partial charge on any atom is 0.248 e. The first-order valence-corrected chi connectivity index (χ1v) is 10.5. The number of hydrogen-bond donors (Lipinski definition) is 1. The Labute approximate surface area is 178 Å². The van der Waals surface area contributed by atoms with E-state index in [9.17, 15) is 4.79 Å². The van der Waals surface area contributed by atoms with E-state index in [0.29, 0.717) is 0 Å². The van der Waals surface area contributed by atoms with Crippen molar-refractivity contribution >= 4 is 23.4 Å². The van der Waals surface area contributed by atoms with Gasteiger partial charge in [-0.15, -0.1) is 0 Å². The number of hydrogen-bond acceptors (Lipinski definition) is 3. The van der Waals surface area contributed by atoms with Crippen molar-refractivity contribution in [3.8, 4) is 5.69 Å². The molecule has 0 spiro atoms. The lowest BCUT2D eigenvalue weighted by atomic mass is 10.1. The highest BCUT2D eigenvalue weighted by Gasteiger charge is 2.14. The van der Waals surface area contributed by atoms with E-state index in [0.717, 1.165) is 47.0 Å². The molecule has 1 fully saturated rings. The second kappa shape index (κ2) is 8.57. The first-order valence-electron chi connectivity index (χ1n) is 10.5. The minimum Gasteiger partial charge on any atom is -0.372 e. The Hall–Kier alpha value is -3.34. The van der Waals surface area contributed by atoms with Crippen LogP contribution in [0.15, 0.2) is 54.6 Å². The molecule has 2 aromatic carbocycles. The molecule has 0 aliphatic carbocycles. The largest absolute Gasteiger partial charge is 0.372 e. The highest BCUT2D eigenvalue weighted by molar-refractivity contribution is 6.02. The fourth-order valence-electron chi connectivity index (χ4n) is 4.01. The Morgan fingerprint density at radius 3 is 2.43 bits per heavy atom. The third-order valence-electron chi connectivity index (χ3n) is 5.69. The maximum atomic E-state index is 12.5. The summed E-state index contributed by atoms with van der Waals surface area (Å²) in [5, 5.41) is 7.64. The topological polar surface area (TPSA) is 50.2 Å². The van der Waals surface area contributed by atoms with Crippen LogP contribution in [0.5, 0.6) is 0 Å². The van der Waals surface area contributed by atoms with Crippen molar-refractivity contribution in [1.29, 1.82) is 0 Å². The maximum absolute atomic E-state index is 12.5. The van der Waals surface area contributed by atoms with Crippen molar-refractivity contribution in [2.75, 3.05) is 23.3 Å². The van der Waals surface area contributed by atoms with Crippen LogP contribution in [-0.4, -0.2) is 28.8 Å². The van der Waals surface area contributed by atoms with Gasteiger partial charge in [-0.3, -0.25) is 4.79 Å². The number of aromatic nitrogens is 2. The minimum atomic E-state index is -0.140. The summed E-state index contributed by atoms with van der Waals surface area (Å²) in [6, 6.07) is 16.3. The van der Waals surface area contributed by atoms with Gasteiger partial charge in [0.25, 0.3) is 0 Å². The SMILES string of the molecule is Cc1cc(N2CCCC2)ccc1NC(=O)/C=C/c1c(C)nn(-c2ccccc2)c1C. The summed E-state index contributed by atoms with van der Waals surface area (Å²) in [5.74, 6) is -0.140. The third kappa shape index (κ3) is 4.15. The molecule has 5 nitrogen and oxygen atoms in total. The fourth-order valence-corrected chi connectivity index (χ4v) is 4.01. The number of amides is 1. The van der Waals surface area contributed by atoms with Crippen molar-refractivity contribution in [2.24, 2.45) is 0 Å². The van der Waals surface area contributed by atoms with Gasteiger partial charge >= 0.3 is 0 Å². The zero-order valence-electron chi connectivity index (χ0n) is 17.9. The van der Waals surface area contributed by atoms with Crippen molar-refractivity contribution in [3.63, 3.8) is 0 Å². The number of nitrogens with zero attached hydrogens (tertiary/aromatic N) is 3. The summed E-state index contributed by atoms with van der Waals surface area (Å²) in [5.41, 5.74) is 7.04. The summed E-state index contributed by atoms with van der Waals surface area (Å²) in [6.45, 7) is 8.25. The smallest absolute Gasteiger partial charge is 0.248 e. The standard InChI is InChI=1S/C25H28N4O/c1-18-17-22(28-15-7-8-16-28)11-13-24(18)26-25(30)14-12-23-19(2)27-29(20(23)3)21-9-5-4-6-10-21/h4-6,9-14,17H,7-8,15-16H2,1-3H3,(H,26,30)/b14-12+. The Balaban J connectivity index is 1.47. The first kappa shape index (κ1) is 20.0. The van der Waals surface area contributed by atoms with E-state index in [2.05, 4.69) is 27.4 Å². The van der Waals surface area contributed by atoms with E-state index in [4.69, 9.17) is 0 Å². The predicted octanol–water partition coefficient (Wildman–Crippen LogP) is 5.05. The van der Waals surface area contributed by atoms with Gasteiger partial charge in [0.1, 0.15) is 0 Å². The normalized spacial score (nSPS) is 13.9. The van der Waals surface area contributed by atoms with Gasteiger partial charge < -0.3 is 10.2 Å². The molecule has 0 bridgehead atoms. The van der Waals surface area contributed by atoms with Crippen LogP contribution >= 0.6 is 0 Å². The van der Waals surface area contributed by atoms with Crippen molar-refractivity contribution in [1.82, 2.24) is 9.78 Å². The third-order valence-corrected chi connectivity index (χ3v) is 5.69.